The van der Waals surface area contributed by atoms with Crippen LogP contribution in [0.3, 0.4) is 0 Å². The number of ether oxygens (including phenoxy) is 1. The Bertz CT molecular complexity index is 485. The lowest BCUT2D eigenvalue weighted by molar-refractivity contribution is -0.147. The Hall–Kier alpha value is -1.55. The topological polar surface area (TPSA) is 58.6 Å². The van der Waals surface area contributed by atoms with Crippen molar-refractivity contribution in [2.24, 2.45) is 0 Å². The minimum Gasteiger partial charge on any atom is -0.490 e. The molecule has 4 nitrogen and oxygen atoms in total. The van der Waals surface area contributed by atoms with Crippen molar-refractivity contribution in [2.45, 2.75) is 57.6 Å². The van der Waals surface area contributed by atoms with Crippen molar-refractivity contribution < 1.29 is 14.6 Å². The van der Waals surface area contributed by atoms with Crippen molar-refractivity contribution in [3.8, 4) is 5.75 Å². The zero-order valence-electron chi connectivity index (χ0n) is 12.9. The minimum absolute atomic E-state index is 0.0402. The van der Waals surface area contributed by atoms with Crippen molar-refractivity contribution in [3.63, 3.8) is 0 Å². The van der Waals surface area contributed by atoms with Crippen LogP contribution in [0.2, 0.25) is 0 Å². The number of carboxylic acid groups (broad SMARTS) is 1. The Labute approximate surface area is 126 Å². The van der Waals surface area contributed by atoms with Gasteiger partial charge in [-0.3, -0.25) is 4.79 Å². The van der Waals surface area contributed by atoms with Crippen molar-refractivity contribution in [1.82, 2.24) is 5.32 Å². The predicted molar refractivity (Wildman–Crippen MR) is 82.7 cm³/mol. The number of aryl methyl sites for hydroxylation is 1. The monoisotopic (exact) mass is 291 g/mol. The highest BCUT2D eigenvalue weighted by Crippen LogP contribution is 2.32. The van der Waals surface area contributed by atoms with E-state index in [0.29, 0.717) is 19.4 Å². The number of hydrogen-bond donors (Lipinski definition) is 2. The van der Waals surface area contributed by atoms with Gasteiger partial charge in [0.1, 0.15) is 17.4 Å². The van der Waals surface area contributed by atoms with Crippen LogP contribution >= 0.6 is 0 Å². The number of nitrogens with one attached hydrogen (secondary N) is 1. The van der Waals surface area contributed by atoms with E-state index in [4.69, 9.17) is 4.74 Å². The fourth-order valence-electron chi connectivity index (χ4n) is 3.18. The van der Waals surface area contributed by atoms with Crippen molar-refractivity contribution in [2.75, 3.05) is 6.54 Å². The van der Waals surface area contributed by atoms with Gasteiger partial charge in [0.05, 0.1) is 0 Å². The van der Waals surface area contributed by atoms with E-state index in [1.807, 2.05) is 25.1 Å². The van der Waals surface area contributed by atoms with E-state index < -0.39 is 11.5 Å². The summed E-state index contributed by atoms with van der Waals surface area (Å²) in [6, 6.07) is 8.01. The zero-order chi connectivity index (χ0) is 15.3. The van der Waals surface area contributed by atoms with Gasteiger partial charge in [-0.15, -0.1) is 0 Å². The van der Waals surface area contributed by atoms with Crippen LogP contribution in [0.1, 0.15) is 45.1 Å². The van der Waals surface area contributed by atoms with E-state index in [-0.39, 0.29) is 6.10 Å². The van der Waals surface area contributed by atoms with E-state index in [0.717, 1.165) is 25.0 Å². The molecular weight excluding hydrogens is 266 g/mol. The molecule has 0 heterocycles. The van der Waals surface area contributed by atoms with Crippen LogP contribution in [-0.2, 0) is 11.2 Å². The Balaban J connectivity index is 2.12. The second kappa shape index (κ2) is 6.94. The Morgan fingerprint density at radius 2 is 2.19 bits per heavy atom. The smallest absolute Gasteiger partial charge is 0.324 e. The largest absolute Gasteiger partial charge is 0.490 e. The van der Waals surface area contributed by atoms with Crippen molar-refractivity contribution >= 4 is 5.97 Å². The summed E-state index contributed by atoms with van der Waals surface area (Å²) in [6.07, 6.45) is 3.86. The normalized spacial score (nSPS) is 25.5. The fourth-order valence-corrected chi connectivity index (χ4v) is 3.18. The molecule has 2 N–H and O–H groups in total. The van der Waals surface area contributed by atoms with Gasteiger partial charge in [-0.1, -0.05) is 32.0 Å². The highest BCUT2D eigenvalue weighted by molar-refractivity contribution is 5.79. The van der Waals surface area contributed by atoms with Gasteiger partial charge in [0.25, 0.3) is 0 Å². The third kappa shape index (κ3) is 3.56. The standard InChI is InChI=1S/C17H25NO3/c1-3-13-8-5-6-10-15(13)21-14-9-7-11-17(12-14,16(19)20)18-4-2/h5-6,8,10,14,18H,3-4,7,9,11-12H2,1-2H3,(H,19,20). The van der Waals surface area contributed by atoms with Crippen molar-refractivity contribution in [1.29, 1.82) is 0 Å². The van der Waals surface area contributed by atoms with Gasteiger partial charge in [0.2, 0.25) is 0 Å². The number of benzene rings is 1. The summed E-state index contributed by atoms with van der Waals surface area (Å²) in [6.45, 7) is 4.70. The summed E-state index contributed by atoms with van der Waals surface area (Å²) in [5.74, 6) is 0.129. The van der Waals surface area contributed by atoms with Crippen LogP contribution in [0.25, 0.3) is 0 Å². The maximum absolute atomic E-state index is 11.7. The third-order valence-electron chi connectivity index (χ3n) is 4.28. The van der Waals surface area contributed by atoms with E-state index in [1.165, 1.54) is 5.56 Å². The molecule has 4 heteroatoms. The van der Waals surface area contributed by atoms with E-state index in [9.17, 15) is 9.90 Å². The molecule has 0 spiro atoms. The van der Waals surface area contributed by atoms with Crippen LogP contribution in [0.5, 0.6) is 5.75 Å². The van der Waals surface area contributed by atoms with Crippen molar-refractivity contribution in [3.05, 3.63) is 29.8 Å². The molecule has 1 saturated carbocycles. The Morgan fingerprint density at radius 1 is 1.43 bits per heavy atom. The summed E-state index contributed by atoms with van der Waals surface area (Å²) in [5.41, 5.74) is 0.339. The second-order valence-corrected chi connectivity index (χ2v) is 5.72. The average Bonchev–Trinajstić information content (AvgIpc) is 2.48. The van der Waals surface area contributed by atoms with Gasteiger partial charge >= 0.3 is 5.97 Å². The summed E-state index contributed by atoms with van der Waals surface area (Å²) in [5, 5.41) is 12.7. The van der Waals surface area contributed by atoms with Crippen LogP contribution in [-0.4, -0.2) is 29.3 Å². The number of carboxylic acids is 1. The predicted octanol–water partition coefficient (Wildman–Crippen LogP) is 3.00. The number of hydrogen-bond acceptors (Lipinski definition) is 3. The van der Waals surface area contributed by atoms with Crippen LogP contribution in [0.15, 0.2) is 24.3 Å². The molecule has 0 aliphatic heterocycles. The minimum atomic E-state index is -0.834. The zero-order valence-corrected chi connectivity index (χ0v) is 12.9. The van der Waals surface area contributed by atoms with Gasteiger partial charge in [-0.2, -0.15) is 0 Å². The summed E-state index contributed by atoms with van der Waals surface area (Å²) < 4.78 is 6.13. The van der Waals surface area contributed by atoms with Gasteiger partial charge in [0.15, 0.2) is 0 Å². The lowest BCUT2D eigenvalue weighted by Gasteiger charge is -2.38. The number of rotatable bonds is 6. The molecule has 1 aliphatic rings. The summed E-state index contributed by atoms with van der Waals surface area (Å²) in [7, 11) is 0. The molecule has 2 unspecified atom stereocenters. The molecule has 0 amide bonds. The fraction of sp³-hybridized carbons (Fsp3) is 0.588. The first kappa shape index (κ1) is 15.8. The Morgan fingerprint density at radius 3 is 2.86 bits per heavy atom. The highest BCUT2D eigenvalue weighted by Gasteiger charge is 2.43. The number of carbonyl (C=O) groups is 1. The molecule has 0 aromatic heterocycles. The maximum Gasteiger partial charge on any atom is 0.324 e. The molecule has 2 rings (SSSR count). The summed E-state index contributed by atoms with van der Waals surface area (Å²) in [4.78, 5) is 11.7. The van der Waals surface area contributed by atoms with E-state index >= 15 is 0 Å². The quantitative estimate of drug-likeness (QED) is 0.846. The molecule has 0 saturated heterocycles. The van der Waals surface area contributed by atoms with Gasteiger partial charge < -0.3 is 15.2 Å². The van der Waals surface area contributed by atoms with Crippen LogP contribution in [0.4, 0.5) is 0 Å². The highest BCUT2D eigenvalue weighted by atomic mass is 16.5. The molecule has 1 aromatic carbocycles. The first-order valence-electron chi connectivity index (χ1n) is 7.84. The first-order chi connectivity index (χ1) is 10.1. The van der Waals surface area contributed by atoms with Gasteiger partial charge in [-0.05, 0) is 43.9 Å². The summed E-state index contributed by atoms with van der Waals surface area (Å²) >= 11 is 0. The molecule has 1 aliphatic carbocycles. The van der Waals surface area contributed by atoms with E-state index in [1.54, 1.807) is 0 Å². The molecule has 0 radical (unpaired) electrons. The molecule has 1 fully saturated rings. The first-order valence-corrected chi connectivity index (χ1v) is 7.84. The van der Waals surface area contributed by atoms with Gasteiger partial charge in [-0.25, -0.2) is 0 Å². The lowest BCUT2D eigenvalue weighted by atomic mass is 9.80. The molecule has 116 valence electrons. The number of aliphatic carboxylic acids is 1. The molecular formula is C17H25NO3. The molecule has 2 atom stereocenters. The third-order valence-corrected chi connectivity index (χ3v) is 4.28. The number of likely N-dealkylation sites (N-methyl/N-ethyl adjacent to an activating group) is 1. The average molecular weight is 291 g/mol. The maximum atomic E-state index is 11.7. The number of para-hydroxylation sites is 1. The molecule has 21 heavy (non-hydrogen) atoms. The van der Waals surface area contributed by atoms with E-state index in [2.05, 4.69) is 18.3 Å². The molecule has 1 aromatic rings. The Kier molecular flexibility index (Phi) is 5.23. The second-order valence-electron chi connectivity index (χ2n) is 5.72. The van der Waals surface area contributed by atoms with Crippen LogP contribution in [0, 0.1) is 0 Å². The van der Waals surface area contributed by atoms with Crippen LogP contribution < -0.4 is 10.1 Å². The SMILES string of the molecule is CCNC1(C(=O)O)CCCC(Oc2ccccc2CC)C1. The molecule has 0 bridgehead atoms. The lowest BCUT2D eigenvalue weighted by Crippen LogP contribution is -2.56. The van der Waals surface area contributed by atoms with Gasteiger partial charge in [0, 0.05) is 6.42 Å².